The summed E-state index contributed by atoms with van der Waals surface area (Å²) >= 11 is 3.54. The fraction of sp³-hybridized carbons (Fsp3) is 0.333. The SMILES string of the molecule is O=S(=O)(N[C@H]1CCCC[C@@H]1Nc1ccccc1Br)c1ccccc1. The maximum atomic E-state index is 12.6. The van der Waals surface area contributed by atoms with E-state index >= 15 is 0 Å². The molecule has 0 radical (unpaired) electrons. The summed E-state index contributed by atoms with van der Waals surface area (Å²) in [6, 6.07) is 16.4. The van der Waals surface area contributed by atoms with Gasteiger partial charge in [-0.05, 0) is 53.0 Å². The highest BCUT2D eigenvalue weighted by molar-refractivity contribution is 9.10. The first-order chi connectivity index (χ1) is 11.6. The number of hydrogen-bond acceptors (Lipinski definition) is 3. The van der Waals surface area contributed by atoms with Crippen molar-refractivity contribution in [2.24, 2.45) is 0 Å². The maximum absolute atomic E-state index is 12.6. The van der Waals surface area contributed by atoms with Crippen molar-refractivity contribution in [3.63, 3.8) is 0 Å². The third kappa shape index (κ3) is 4.18. The average molecular weight is 409 g/mol. The molecular weight excluding hydrogens is 388 g/mol. The van der Waals surface area contributed by atoms with E-state index in [1.165, 1.54) is 0 Å². The Bertz CT molecular complexity index is 781. The summed E-state index contributed by atoms with van der Waals surface area (Å²) in [7, 11) is -3.50. The lowest BCUT2D eigenvalue weighted by Gasteiger charge is -2.33. The Hall–Kier alpha value is -1.37. The molecule has 24 heavy (non-hydrogen) atoms. The Morgan fingerprint density at radius 1 is 0.875 bits per heavy atom. The number of anilines is 1. The van der Waals surface area contributed by atoms with Gasteiger partial charge in [0.1, 0.15) is 0 Å². The molecule has 3 rings (SSSR count). The molecule has 1 fully saturated rings. The molecule has 1 saturated carbocycles. The second-order valence-electron chi connectivity index (χ2n) is 6.06. The first-order valence-corrected chi connectivity index (χ1v) is 10.4. The van der Waals surface area contributed by atoms with Crippen LogP contribution in [0.2, 0.25) is 0 Å². The predicted octanol–water partition coefficient (Wildman–Crippen LogP) is 4.15. The molecule has 0 spiro atoms. The van der Waals surface area contributed by atoms with E-state index in [1.807, 2.05) is 30.3 Å². The van der Waals surface area contributed by atoms with Crippen LogP contribution in [0.3, 0.4) is 0 Å². The lowest BCUT2D eigenvalue weighted by Crippen LogP contribution is -2.48. The molecule has 0 saturated heterocycles. The molecule has 1 aliphatic carbocycles. The molecule has 2 atom stereocenters. The van der Waals surface area contributed by atoms with Crippen molar-refractivity contribution in [2.75, 3.05) is 5.32 Å². The smallest absolute Gasteiger partial charge is 0.240 e. The average Bonchev–Trinajstić information content (AvgIpc) is 2.59. The molecular formula is C18H21BrN2O2S. The second kappa shape index (κ2) is 7.68. The Morgan fingerprint density at radius 3 is 2.21 bits per heavy atom. The maximum Gasteiger partial charge on any atom is 0.240 e. The summed E-state index contributed by atoms with van der Waals surface area (Å²) in [5, 5.41) is 3.50. The lowest BCUT2D eigenvalue weighted by atomic mass is 9.91. The Morgan fingerprint density at radius 2 is 1.50 bits per heavy atom. The quantitative estimate of drug-likeness (QED) is 0.780. The van der Waals surface area contributed by atoms with E-state index in [0.717, 1.165) is 35.8 Å². The molecule has 0 aromatic heterocycles. The molecule has 4 nitrogen and oxygen atoms in total. The molecule has 0 heterocycles. The van der Waals surface area contributed by atoms with Crippen LogP contribution in [0.1, 0.15) is 25.7 Å². The van der Waals surface area contributed by atoms with Gasteiger partial charge in [-0.25, -0.2) is 13.1 Å². The number of nitrogens with one attached hydrogen (secondary N) is 2. The van der Waals surface area contributed by atoms with E-state index in [9.17, 15) is 8.42 Å². The standard InChI is InChI=1S/C18H21BrN2O2S/c19-15-10-4-5-11-16(15)20-17-12-6-7-13-18(17)21-24(22,23)14-8-2-1-3-9-14/h1-5,8-11,17-18,20-21H,6-7,12-13H2/t17-,18-/m0/s1. The first-order valence-electron chi connectivity index (χ1n) is 8.15. The van der Waals surface area contributed by atoms with Gasteiger partial charge >= 0.3 is 0 Å². The number of sulfonamides is 1. The molecule has 0 amide bonds. The molecule has 2 aromatic carbocycles. The first kappa shape index (κ1) is 17.5. The zero-order valence-corrected chi connectivity index (χ0v) is 15.7. The topological polar surface area (TPSA) is 58.2 Å². The minimum Gasteiger partial charge on any atom is -0.380 e. The van der Waals surface area contributed by atoms with Crippen molar-refractivity contribution in [3.05, 3.63) is 59.1 Å². The molecule has 6 heteroatoms. The largest absolute Gasteiger partial charge is 0.380 e. The third-order valence-electron chi connectivity index (χ3n) is 4.34. The van der Waals surface area contributed by atoms with Crippen LogP contribution < -0.4 is 10.0 Å². The number of benzene rings is 2. The molecule has 0 unspecified atom stereocenters. The van der Waals surface area contributed by atoms with Crippen molar-refractivity contribution < 1.29 is 8.42 Å². The van der Waals surface area contributed by atoms with Crippen LogP contribution in [0.4, 0.5) is 5.69 Å². The second-order valence-corrected chi connectivity index (χ2v) is 8.62. The molecule has 2 aromatic rings. The lowest BCUT2D eigenvalue weighted by molar-refractivity contribution is 0.378. The minimum atomic E-state index is -3.50. The fourth-order valence-electron chi connectivity index (χ4n) is 3.09. The predicted molar refractivity (Wildman–Crippen MR) is 101 cm³/mol. The van der Waals surface area contributed by atoms with Gasteiger partial charge in [0.2, 0.25) is 10.0 Å². The highest BCUT2D eigenvalue weighted by Crippen LogP contribution is 2.27. The van der Waals surface area contributed by atoms with Gasteiger partial charge in [0.25, 0.3) is 0 Å². The summed E-state index contributed by atoms with van der Waals surface area (Å²) in [6.07, 6.45) is 3.93. The van der Waals surface area contributed by atoms with Crippen molar-refractivity contribution in [3.8, 4) is 0 Å². The Balaban J connectivity index is 1.77. The minimum absolute atomic E-state index is 0.0796. The van der Waals surface area contributed by atoms with E-state index in [1.54, 1.807) is 24.3 Å². The molecule has 128 valence electrons. The molecule has 0 bridgehead atoms. The zero-order valence-electron chi connectivity index (χ0n) is 13.3. The van der Waals surface area contributed by atoms with Gasteiger partial charge < -0.3 is 5.32 Å². The van der Waals surface area contributed by atoms with Crippen molar-refractivity contribution in [2.45, 2.75) is 42.7 Å². The van der Waals surface area contributed by atoms with Crippen LogP contribution in [0.15, 0.2) is 64.0 Å². The third-order valence-corrected chi connectivity index (χ3v) is 6.54. The summed E-state index contributed by atoms with van der Waals surface area (Å²) in [4.78, 5) is 0.315. The van der Waals surface area contributed by atoms with Gasteiger partial charge in [0.15, 0.2) is 0 Å². The van der Waals surface area contributed by atoms with Crippen LogP contribution >= 0.6 is 15.9 Å². The Labute approximate surface area is 151 Å². The van der Waals surface area contributed by atoms with Crippen LogP contribution in [-0.4, -0.2) is 20.5 Å². The van der Waals surface area contributed by atoms with Gasteiger partial charge in [-0.3, -0.25) is 0 Å². The van der Waals surface area contributed by atoms with E-state index in [2.05, 4.69) is 26.0 Å². The van der Waals surface area contributed by atoms with Crippen molar-refractivity contribution in [1.29, 1.82) is 0 Å². The van der Waals surface area contributed by atoms with Gasteiger partial charge in [0, 0.05) is 22.2 Å². The molecule has 0 aliphatic heterocycles. The van der Waals surface area contributed by atoms with Crippen molar-refractivity contribution in [1.82, 2.24) is 4.72 Å². The van der Waals surface area contributed by atoms with E-state index < -0.39 is 10.0 Å². The zero-order chi connectivity index (χ0) is 17.0. The highest BCUT2D eigenvalue weighted by Gasteiger charge is 2.29. The van der Waals surface area contributed by atoms with Crippen LogP contribution in [0, 0.1) is 0 Å². The summed E-state index contributed by atoms with van der Waals surface area (Å²) in [5.41, 5.74) is 0.994. The monoisotopic (exact) mass is 408 g/mol. The van der Waals surface area contributed by atoms with Crippen LogP contribution in [-0.2, 0) is 10.0 Å². The van der Waals surface area contributed by atoms with Crippen LogP contribution in [0.25, 0.3) is 0 Å². The van der Waals surface area contributed by atoms with E-state index in [0.29, 0.717) is 4.90 Å². The number of rotatable bonds is 5. The van der Waals surface area contributed by atoms with Gasteiger partial charge in [0.05, 0.1) is 4.90 Å². The summed E-state index contributed by atoms with van der Waals surface area (Å²) in [5.74, 6) is 0. The summed E-state index contributed by atoms with van der Waals surface area (Å²) < 4.78 is 29.1. The van der Waals surface area contributed by atoms with Crippen LogP contribution in [0.5, 0.6) is 0 Å². The fourth-order valence-corrected chi connectivity index (χ4v) is 4.82. The normalized spacial score (nSPS) is 21.4. The van der Waals surface area contributed by atoms with Gasteiger partial charge in [-0.2, -0.15) is 0 Å². The molecule has 2 N–H and O–H groups in total. The van der Waals surface area contributed by atoms with Gasteiger partial charge in [-0.1, -0.05) is 43.2 Å². The number of para-hydroxylation sites is 1. The van der Waals surface area contributed by atoms with E-state index in [-0.39, 0.29) is 12.1 Å². The van der Waals surface area contributed by atoms with Crippen molar-refractivity contribution >= 4 is 31.6 Å². The number of hydrogen-bond donors (Lipinski definition) is 2. The Kier molecular flexibility index (Phi) is 5.58. The molecule has 1 aliphatic rings. The van der Waals surface area contributed by atoms with Gasteiger partial charge in [-0.15, -0.1) is 0 Å². The highest BCUT2D eigenvalue weighted by atomic mass is 79.9. The van der Waals surface area contributed by atoms with E-state index in [4.69, 9.17) is 0 Å². The number of halogens is 1. The summed E-state index contributed by atoms with van der Waals surface area (Å²) in [6.45, 7) is 0.